The molecule has 0 spiro atoms. The molecule has 0 saturated carbocycles. The Bertz CT molecular complexity index is 1430. The van der Waals surface area contributed by atoms with E-state index in [0.29, 0.717) is 6.42 Å². The van der Waals surface area contributed by atoms with Crippen molar-refractivity contribution in [3.63, 3.8) is 0 Å². The lowest BCUT2D eigenvalue weighted by Crippen LogP contribution is -2.46. The summed E-state index contributed by atoms with van der Waals surface area (Å²) in [4.78, 5) is 104. The number of aliphatic carboxylic acids is 1. The largest absolute Gasteiger partial charge is 0.481 e. The van der Waals surface area contributed by atoms with Crippen molar-refractivity contribution in [2.24, 2.45) is 29.4 Å². The zero-order valence-corrected chi connectivity index (χ0v) is 31.7. The number of benzene rings is 1. The molecule has 0 radical (unpaired) electrons. The van der Waals surface area contributed by atoms with Gasteiger partial charge in [-0.3, -0.25) is 38.4 Å². The van der Waals surface area contributed by atoms with Crippen LogP contribution in [0.5, 0.6) is 0 Å². The van der Waals surface area contributed by atoms with Crippen LogP contribution in [0.25, 0.3) is 0 Å². The first kappa shape index (κ1) is 44.7. The quantitative estimate of drug-likeness (QED) is 0.0972. The molecule has 4 N–H and O–H groups in total. The van der Waals surface area contributed by atoms with Gasteiger partial charge in [-0.2, -0.15) is 0 Å². The molecular weight excluding hydrogens is 686 g/mol. The van der Waals surface area contributed by atoms with Gasteiger partial charge in [0, 0.05) is 44.6 Å². The van der Waals surface area contributed by atoms with Crippen molar-refractivity contribution in [2.45, 2.75) is 124 Å². The maximum absolute atomic E-state index is 14.1. The number of nitrogens with two attached hydrogens (primary N) is 1. The number of carboxylic acid groups (broad SMARTS) is 1. The van der Waals surface area contributed by atoms with E-state index in [9.17, 15) is 38.4 Å². The molecule has 1 fully saturated rings. The molecule has 5 atom stereocenters. The van der Waals surface area contributed by atoms with Crippen LogP contribution >= 0.6 is 0 Å². The van der Waals surface area contributed by atoms with Gasteiger partial charge in [-0.05, 0) is 36.7 Å². The number of hydrogen-bond acceptors (Lipinski definition) is 10. The van der Waals surface area contributed by atoms with Crippen LogP contribution in [-0.2, 0) is 54.4 Å². The number of rotatable bonds is 25. The smallest absolute Gasteiger partial charge is 0.306 e. The van der Waals surface area contributed by atoms with E-state index in [0.717, 1.165) is 5.56 Å². The fourth-order valence-electron chi connectivity index (χ4n) is 6.22. The third kappa shape index (κ3) is 15.6. The topological polar surface area (TPSA) is 217 Å². The Hall–Kier alpha value is -4.46. The summed E-state index contributed by atoms with van der Waals surface area (Å²) >= 11 is 0. The molecule has 3 amide bonds. The minimum atomic E-state index is -1.13. The number of amides is 3. The molecule has 0 bridgehead atoms. The van der Waals surface area contributed by atoms with Crippen molar-refractivity contribution in [2.75, 3.05) is 13.2 Å². The van der Waals surface area contributed by atoms with Crippen molar-refractivity contribution in [1.29, 1.82) is 0 Å². The minimum absolute atomic E-state index is 0.0000889. The molecule has 1 aliphatic rings. The average Bonchev–Trinajstić information content (AvgIpc) is 3.54. The summed E-state index contributed by atoms with van der Waals surface area (Å²) < 4.78 is 11.5. The lowest BCUT2D eigenvalue weighted by atomic mass is 9.87. The second-order valence-corrected chi connectivity index (χ2v) is 14.5. The van der Waals surface area contributed by atoms with Gasteiger partial charge in [-0.15, -0.1) is 0 Å². The van der Waals surface area contributed by atoms with E-state index in [1.807, 2.05) is 65.0 Å². The van der Waals surface area contributed by atoms with Crippen molar-refractivity contribution >= 4 is 47.0 Å². The van der Waals surface area contributed by atoms with E-state index >= 15 is 0 Å². The molecule has 2 rings (SSSR count). The number of likely N-dealkylation sites (tertiary alicyclic amines) is 1. The van der Waals surface area contributed by atoms with Crippen molar-refractivity contribution < 1.29 is 52.9 Å². The number of carbonyl (C=O) groups is 8. The number of nitrogens with one attached hydrogen (secondary N) is 1. The Kier molecular flexibility index (Phi) is 19.0. The molecular formula is C39H57N3O11. The van der Waals surface area contributed by atoms with Gasteiger partial charge in [0.25, 0.3) is 0 Å². The predicted molar refractivity (Wildman–Crippen MR) is 194 cm³/mol. The van der Waals surface area contributed by atoms with E-state index in [1.54, 1.807) is 0 Å². The number of Topliss-reactive ketones (excluding diaryl/α,β-unsaturated/α-hetero) is 3. The van der Waals surface area contributed by atoms with Gasteiger partial charge in [0.15, 0.2) is 11.6 Å². The summed E-state index contributed by atoms with van der Waals surface area (Å²) in [6.07, 6.45) is -1.08. The van der Waals surface area contributed by atoms with Gasteiger partial charge in [-0.25, -0.2) is 0 Å². The van der Waals surface area contributed by atoms with Gasteiger partial charge in [0.1, 0.15) is 6.04 Å². The first-order valence-electron chi connectivity index (χ1n) is 18.6. The molecule has 1 aliphatic heterocycles. The van der Waals surface area contributed by atoms with Crippen molar-refractivity contribution in [3.05, 3.63) is 35.9 Å². The number of nitrogens with zero attached hydrogens (tertiary/aromatic N) is 1. The molecule has 14 nitrogen and oxygen atoms in total. The highest BCUT2D eigenvalue weighted by Crippen LogP contribution is 2.30. The molecule has 294 valence electrons. The standard InChI is InChI=1S/C39H57N3O11/c1-6-11-27(37(49)32(43)16-17-34(45)41-30(38(40)50)14-10-15-35(46)47)18-33(44)31-19-28(52-23-26-12-8-7-9-13-26)21-42(31)39(51)29(25(4)5)20-36(48)53-22-24(2)3/h7-9,12-13,24-25,27-31H,6,10-11,14-23H2,1-5H3,(H2,40,50)(H,41,45)(H,46,47)/t27?,28-,29?,30?,31+/m1/s1. The van der Waals surface area contributed by atoms with Crippen LogP contribution in [0.1, 0.15) is 104 Å². The number of ether oxygens (including phenoxy) is 2. The van der Waals surface area contributed by atoms with Crippen LogP contribution in [0.4, 0.5) is 0 Å². The molecule has 3 unspecified atom stereocenters. The van der Waals surface area contributed by atoms with Gasteiger partial charge in [0.2, 0.25) is 23.5 Å². The number of carboxylic acids is 1. The summed E-state index contributed by atoms with van der Waals surface area (Å²) in [6, 6.07) is 7.36. The van der Waals surface area contributed by atoms with E-state index in [2.05, 4.69) is 5.32 Å². The van der Waals surface area contributed by atoms with Gasteiger partial charge < -0.3 is 30.5 Å². The molecule has 1 heterocycles. The fourth-order valence-corrected chi connectivity index (χ4v) is 6.22. The molecule has 53 heavy (non-hydrogen) atoms. The first-order valence-corrected chi connectivity index (χ1v) is 18.6. The van der Waals surface area contributed by atoms with Crippen molar-refractivity contribution in [1.82, 2.24) is 10.2 Å². The number of primary amides is 1. The maximum atomic E-state index is 14.1. The lowest BCUT2D eigenvalue weighted by Gasteiger charge is -2.30. The summed E-state index contributed by atoms with van der Waals surface area (Å²) in [5, 5.41) is 11.2. The van der Waals surface area contributed by atoms with E-state index in [-0.39, 0.29) is 82.4 Å². The van der Waals surface area contributed by atoms with Gasteiger partial charge in [0.05, 0.1) is 37.7 Å². The van der Waals surface area contributed by atoms with Crippen LogP contribution in [-0.4, -0.2) is 88.4 Å². The molecule has 14 heteroatoms. The van der Waals surface area contributed by atoms with Crippen LogP contribution in [0, 0.1) is 23.7 Å². The Morgan fingerprint density at radius 3 is 2.21 bits per heavy atom. The Balaban J connectivity index is 2.18. The zero-order valence-electron chi connectivity index (χ0n) is 31.7. The Morgan fingerprint density at radius 1 is 0.943 bits per heavy atom. The number of hydrogen-bond donors (Lipinski definition) is 3. The van der Waals surface area contributed by atoms with Crippen LogP contribution in [0.3, 0.4) is 0 Å². The zero-order chi connectivity index (χ0) is 39.7. The summed E-state index contributed by atoms with van der Waals surface area (Å²) in [6.45, 7) is 9.85. The number of esters is 1. The van der Waals surface area contributed by atoms with E-state index in [1.165, 1.54) is 4.90 Å². The highest BCUT2D eigenvalue weighted by atomic mass is 16.5. The summed E-state index contributed by atoms with van der Waals surface area (Å²) in [5.41, 5.74) is 6.24. The second-order valence-electron chi connectivity index (χ2n) is 14.5. The first-order chi connectivity index (χ1) is 25.0. The van der Waals surface area contributed by atoms with Gasteiger partial charge in [-0.1, -0.05) is 71.4 Å². The second kappa shape index (κ2) is 22.6. The summed E-state index contributed by atoms with van der Waals surface area (Å²) in [5.74, 6) is -7.45. The molecule has 0 aromatic heterocycles. The summed E-state index contributed by atoms with van der Waals surface area (Å²) in [7, 11) is 0. The van der Waals surface area contributed by atoms with Crippen molar-refractivity contribution in [3.8, 4) is 0 Å². The molecule has 1 saturated heterocycles. The third-order valence-corrected chi connectivity index (χ3v) is 9.20. The van der Waals surface area contributed by atoms with Gasteiger partial charge >= 0.3 is 11.9 Å². The predicted octanol–water partition coefficient (Wildman–Crippen LogP) is 3.55. The highest BCUT2D eigenvalue weighted by Gasteiger charge is 2.44. The molecule has 1 aromatic carbocycles. The Labute approximate surface area is 311 Å². The number of carbonyl (C=O) groups excluding carboxylic acids is 7. The lowest BCUT2D eigenvalue weighted by molar-refractivity contribution is -0.152. The normalized spacial score (nSPS) is 17.2. The van der Waals surface area contributed by atoms with Crippen LogP contribution in [0.2, 0.25) is 0 Å². The molecule has 0 aliphatic carbocycles. The van der Waals surface area contributed by atoms with Crippen LogP contribution in [0.15, 0.2) is 30.3 Å². The third-order valence-electron chi connectivity index (χ3n) is 9.20. The highest BCUT2D eigenvalue weighted by molar-refractivity contribution is 6.38. The monoisotopic (exact) mass is 743 g/mol. The van der Waals surface area contributed by atoms with Crippen LogP contribution < -0.4 is 11.1 Å². The fraction of sp³-hybridized carbons (Fsp3) is 0.641. The Morgan fingerprint density at radius 2 is 1.62 bits per heavy atom. The molecule has 1 aromatic rings. The SMILES string of the molecule is CCCC(CC(=O)[C@@H]1C[C@@H](OCc2ccccc2)CN1C(=O)C(CC(=O)OCC(C)C)C(C)C)C(=O)C(=O)CCC(=O)NC(CCCC(=O)O)C(N)=O. The van der Waals surface area contributed by atoms with E-state index in [4.69, 9.17) is 20.3 Å². The number of ketones is 3. The maximum Gasteiger partial charge on any atom is 0.306 e. The van der Waals surface area contributed by atoms with E-state index < -0.39 is 84.0 Å². The average molecular weight is 744 g/mol. The minimum Gasteiger partial charge on any atom is -0.481 e.